The standard InChI is InChI=1S/C21H24N4O2/c1-22-21(27)19-5-2-17(3-6-19)4-7-20(26)25-14-12-24(13-15-25)16-18-8-10-23-11-9-18/h2-11H,12-16H2,1H3,(H,22,27)/b7-4+. The zero-order valence-corrected chi connectivity index (χ0v) is 15.5. The molecule has 0 atom stereocenters. The predicted molar refractivity (Wildman–Crippen MR) is 105 cm³/mol. The number of aromatic nitrogens is 1. The molecule has 0 aliphatic carbocycles. The molecule has 1 saturated heterocycles. The SMILES string of the molecule is CNC(=O)c1ccc(/C=C/C(=O)N2CCN(Cc3ccncc3)CC2)cc1. The number of rotatable bonds is 5. The van der Waals surface area contributed by atoms with Gasteiger partial charge >= 0.3 is 0 Å². The van der Waals surface area contributed by atoms with Crippen molar-refractivity contribution in [1.82, 2.24) is 20.1 Å². The highest BCUT2D eigenvalue weighted by molar-refractivity contribution is 5.94. The number of nitrogens with zero attached hydrogens (tertiary/aromatic N) is 3. The number of hydrogen-bond acceptors (Lipinski definition) is 4. The van der Waals surface area contributed by atoms with E-state index in [0.717, 1.165) is 38.3 Å². The van der Waals surface area contributed by atoms with Crippen LogP contribution in [-0.4, -0.2) is 59.8 Å². The summed E-state index contributed by atoms with van der Waals surface area (Å²) in [7, 11) is 1.60. The summed E-state index contributed by atoms with van der Waals surface area (Å²) in [5.74, 6) is -0.0971. The van der Waals surface area contributed by atoms with Crippen LogP contribution >= 0.6 is 0 Å². The molecular weight excluding hydrogens is 340 g/mol. The summed E-state index contributed by atoms with van der Waals surface area (Å²) in [6.07, 6.45) is 7.01. The van der Waals surface area contributed by atoms with Crippen LogP contribution in [0.3, 0.4) is 0 Å². The molecule has 140 valence electrons. The summed E-state index contributed by atoms with van der Waals surface area (Å²) in [5, 5.41) is 2.59. The van der Waals surface area contributed by atoms with Gasteiger partial charge in [0.05, 0.1) is 0 Å². The minimum absolute atomic E-state index is 0.0222. The van der Waals surface area contributed by atoms with Gasteiger partial charge < -0.3 is 10.2 Å². The van der Waals surface area contributed by atoms with E-state index in [4.69, 9.17) is 0 Å². The van der Waals surface area contributed by atoms with Crippen LogP contribution < -0.4 is 5.32 Å². The van der Waals surface area contributed by atoms with Crippen molar-refractivity contribution < 1.29 is 9.59 Å². The van der Waals surface area contributed by atoms with Gasteiger partial charge in [0.2, 0.25) is 5.91 Å². The fourth-order valence-electron chi connectivity index (χ4n) is 3.04. The van der Waals surface area contributed by atoms with E-state index in [0.29, 0.717) is 5.56 Å². The van der Waals surface area contributed by atoms with Crippen molar-refractivity contribution in [1.29, 1.82) is 0 Å². The molecule has 0 radical (unpaired) electrons. The highest BCUT2D eigenvalue weighted by Crippen LogP contribution is 2.10. The first-order valence-electron chi connectivity index (χ1n) is 9.06. The largest absolute Gasteiger partial charge is 0.355 e. The summed E-state index contributed by atoms with van der Waals surface area (Å²) in [6.45, 7) is 4.07. The number of hydrogen-bond donors (Lipinski definition) is 1. The molecule has 0 saturated carbocycles. The fraction of sp³-hybridized carbons (Fsp3) is 0.286. The van der Waals surface area contributed by atoms with E-state index in [2.05, 4.69) is 15.2 Å². The number of benzene rings is 1. The van der Waals surface area contributed by atoms with Gasteiger partial charge in [0.15, 0.2) is 0 Å². The van der Waals surface area contributed by atoms with Crippen LogP contribution in [0.15, 0.2) is 54.9 Å². The molecule has 1 aromatic carbocycles. The molecule has 2 amide bonds. The topological polar surface area (TPSA) is 65.5 Å². The minimum Gasteiger partial charge on any atom is -0.355 e. The summed E-state index contributed by atoms with van der Waals surface area (Å²) in [6, 6.07) is 11.2. The second-order valence-electron chi connectivity index (χ2n) is 6.49. The van der Waals surface area contributed by atoms with Gasteiger partial charge in [0, 0.05) is 63.8 Å². The molecule has 0 unspecified atom stereocenters. The van der Waals surface area contributed by atoms with Crippen LogP contribution in [0.25, 0.3) is 6.08 Å². The Labute approximate surface area is 159 Å². The van der Waals surface area contributed by atoms with E-state index in [1.165, 1.54) is 5.56 Å². The van der Waals surface area contributed by atoms with Gasteiger partial charge in [-0.15, -0.1) is 0 Å². The number of nitrogens with one attached hydrogen (secondary N) is 1. The van der Waals surface area contributed by atoms with Crippen molar-refractivity contribution in [3.8, 4) is 0 Å². The van der Waals surface area contributed by atoms with Crippen LogP contribution in [0.5, 0.6) is 0 Å². The lowest BCUT2D eigenvalue weighted by atomic mass is 10.1. The molecule has 1 aliphatic rings. The Kier molecular flexibility index (Phi) is 6.33. The van der Waals surface area contributed by atoms with Crippen LogP contribution in [0.1, 0.15) is 21.5 Å². The quantitative estimate of drug-likeness (QED) is 0.822. The predicted octanol–water partition coefficient (Wildman–Crippen LogP) is 1.80. The maximum Gasteiger partial charge on any atom is 0.251 e. The first kappa shape index (κ1) is 18.8. The molecule has 1 aromatic heterocycles. The Morgan fingerprint density at radius 3 is 2.33 bits per heavy atom. The lowest BCUT2D eigenvalue weighted by Crippen LogP contribution is -2.47. The average Bonchev–Trinajstić information content (AvgIpc) is 2.73. The third kappa shape index (κ3) is 5.24. The molecule has 1 aliphatic heterocycles. The van der Waals surface area contributed by atoms with Crippen molar-refractivity contribution >= 4 is 17.9 Å². The summed E-state index contributed by atoms with van der Waals surface area (Å²) < 4.78 is 0. The highest BCUT2D eigenvalue weighted by atomic mass is 16.2. The molecule has 6 nitrogen and oxygen atoms in total. The lowest BCUT2D eigenvalue weighted by Gasteiger charge is -2.34. The van der Waals surface area contributed by atoms with Crippen molar-refractivity contribution in [2.24, 2.45) is 0 Å². The molecule has 0 bridgehead atoms. The molecule has 1 fully saturated rings. The van der Waals surface area contributed by atoms with E-state index >= 15 is 0 Å². The van der Waals surface area contributed by atoms with E-state index in [-0.39, 0.29) is 11.8 Å². The zero-order valence-electron chi connectivity index (χ0n) is 15.5. The number of pyridine rings is 1. The van der Waals surface area contributed by atoms with Crippen LogP contribution in [0.4, 0.5) is 0 Å². The summed E-state index contributed by atoms with van der Waals surface area (Å²) in [4.78, 5) is 32.2. The average molecular weight is 364 g/mol. The van der Waals surface area contributed by atoms with E-state index in [1.54, 1.807) is 43.7 Å². The highest BCUT2D eigenvalue weighted by Gasteiger charge is 2.19. The van der Waals surface area contributed by atoms with Crippen molar-refractivity contribution in [3.05, 3.63) is 71.6 Å². The Morgan fingerprint density at radius 2 is 1.70 bits per heavy atom. The molecule has 2 heterocycles. The van der Waals surface area contributed by atoms with Crippen LogP contribution in [-0.2, 0) is 11.3 Å². The maximum absolute atomic E-state index is 12.4. The van der Waals surface area contributed by atoms with E-state index in [9.17, 15) is 9.59 Å². The summed E-state index contributed by atoms with van der Waals surface area (Å²) in [5.41, 5.74) is 2.74. The monoisotopic (exact) mass is 364 g/mol. The molecule has 0 spiro atoms. The maximum atomic E-state index is 12.4. The van der Waals surface area contributed by atoms with E-state index in [1.807, 2.05) is 29.2 Å². The third-order valence-corrected chi connectivity index (χ3v) is 4.66. The normalized spacial score (nSPS) is 15.1. The first-order valence-corrected chi connectivity index (χ1v) is 9.06. The molecule has 2 aromatic rings. The molecule has 6 heteroatoms. The summed E-state index contributed by atoms with van der Waals surface area (Å²) >= 11 is 0. The van der Waals surface area contributed by atoms with E-state index < -0.39 is 0 Å². The number of piperazine rings is 1. The second-order valence-corrected chi connectivity index (χ2v) is 6.49. The Bertz CT molecular complexity index is 795. The zero-order chi connectivity index (χ0) is 19.1. The smallest absolute Gasteiger partial charge is 0.251 e. The lowest BCUT2D eigenvalue weighted by molar-refractivity contribution is -0.127. The molecule has 3 rings (SSSR count). The van der Waals surface area contributed by atoms with Gasteiger partial charge in [0.1, 0.15) is 0 Å². The van der Waals surface area contributed by atoms with Crippen molar-refractivity contribution in [2.75, 3.05) is 33.2 Å². The van der Waals surface area contributed by atoms with Gasteiger partial charge in [0.25, 0.3) is 5.91 Å². The van der Waals surface area contributed by atoms with Crippen molar-refractivity contribution in [2.45, 2.75) is 6.54 Å². The molecule has 27 heavy (non-hydrogen) atoms. The third-order valence-electron chi connectivity index (χ3n) is 4.66. The minimum atomic E-state index is -0.119. The van der Waals surface area contributed by atoms with Crippen LogP contribution in [0, 0.1) is 0 Å². The van der Waals surface area contributed by atoms with Gasteiger partial charge in [-0.2, -0.15) is 0 Å². The van der Waals surface area contributed by atoms with Crippen molar-refractivity contribution in [3.63, 3.8) is 0 Å². The van der Waals surface area contributed by atoms with Crippen LogP contribution in [0.2, 0.25) is 0 Å². The Morgan fingerprint density at radius 1 is 1.04 bits per heavy atom. The number of amides is 2. The molecular formula is C21H24N4O2. The second kappa shape index (κ2) is 9.09. The molecule has 1 N–H and O–H groups in total. The first-order chi connectivity index (χ1) is 13.2. The van der Waals surface area contributed by atoms with Gasteiger partial charge in [-0.1, -0.05) is 12.1 Å². The van der Waals surface area contributed by atoms with Gasteiger partial charge in [-0.05, 0) is 41.5 Å². The number of carbonyl (C=O) groups excluding carboxylic acids is 2. The van der Waals surface area contributed by atoms with Gasteiger partial charge in [-0.25, -0.2) is 0 Å². The number of carbonyl (C=O) groups is 2. The Balaban J connectivity index is 1.49. The Hall–Kier alpha value is -2.99. The van der Waals surface area contributed by atoms with Gasteiger partial charge in [-0.3, -0.25) is 19.5 Å². The fourth-order valence-corrected chi connectivity index (χ4v) is 3.04.